The van der Waals surface area contributed by atoms with E-state index in [1.165, 1.54) is 17.4 Å². The molecule has 0 radical (unpaired) electrons. The molecule has 1 aliphatic heterocycles. The second kappa shape index (κ2) is 5.46. The fraction of sp³-hybridized carbons (Fsp3) is 0.400. The van der Waals surface area contributed by atoms with Crippen molar-refractivity contribution in [2.75, 3.05) is 13.1 Å². The molecular weight excluding hydrogens is 224 g/mol. The minimum absolute atomic E-state index is 0.345. The molecular formula is C15H18N2O. The molecule has 1 aliphatic rings. The molecule has 1 unspecified atom stereocenters. The summed E-state index contributed by atoms with van der Waals surface area (Å²) in [5.41, 5.74) is 2.24. The fourth-order valence-electron chi connectivity index (χ4n) is 2.45. The van der Waals surface area contributed by atoms with E-state index in [-0.39, 0.29) is 0 Å². The Morgan fingerprint density at radius 3 is 3.11 bits per heavy atom. The number of ether oxygens (including phenoxy) is 1. The Kier molecular flexibility index (Phi) is 3.53. The van der Waals surface area contributed by atoms with E-state index < -0.39 is 0 Å². The summed E-state index contributed by atoms with van der Waals surface area (Å²) in [4.78, 5) is 4.45. The van der Waals surface area contributed by atoms with E-state index in [2.05, 4.69) is 34.6 Å². The molecule has 0 saturated carbocycles. The van der Waals surface area contributed by atoms with Gasteiger partial charge in [0.1, 0.15) is 0 Å². The summed E-state index contributed by atoms with van der Waals surface area (Å²) in [5.74, 6) is 0. The molecule has 0 bridgehead atoms. The first kappa shape index (κ1) is 11.6. The Balaban J connectivity index is 1.74. The van der Waals surface area contributed by atoms with Crippen LogP contribution in [0.15, 0.2) is 36.5 Å². The molecule has 3 nitrogen and oxygen atoms in total. The number of rotatable bonds is 3. The lowest BCUT2D eigenvalue weighted by Gasteiger charge is -2.23. The third-order valence-electron chi connectivity index (χ3n) is 3.44. The van der Waals surface area contributed by atoms with Crippen LogP contribution in [0.5, 0.6) is 0 Å². The van der Waals surface area contributed by atoms with E-state index in [9.17, 15) is 0 Å². The van der Waals surface area contributed by atoms with E-state index in [0.717, 1.165) is 25.0 Å². The van der Waals surface area contributed by atoms with Gasteiger partial charge in [-0.05, 0) is 25.5 Å². The van der Waals surface area contributed by atoms with Gasteiger partial charge in [-0.1, -0.05) is 24.3 Å². The minimum Gasteiger partial charge on any atom is -0.372 e. The summed E-state index contributed by atoms with van der Waals surface area (Å²) in [6.07, 6.45) is 4.55. The predicted octanol–water partition coefficient (Wildman–Crippen LogP) is 2.50. The fourth-order valence-corrected chi connectivity index (χ4v) is 2.45. The number of nitrogens with zero attached hydrogens (tertiary/aromatic N) is 1. The summed E-state index contributed by atoms with van der Waals surface area (Å²) in [6, 6.07) is 10.3. The highest BCUT2D eigenvalue weighted by molar-refractivity contribution is 5.81. The molecule has 3 heteroatoms. The zero-order valence-electron chi connectivity index (χ0n) is 10.4. The second-order valence-corrected chi connectivity index (χ2v) is 4.77. The Bertz CT molecular complexity index is 515. The monoisotopic (exact) mass is 242 g/mol. The van der Waals surface area contributed by atoms with Crippen molar-refractivity contribution in [1.82, 2.24) is 10.3 Å². The number of aromatic nitrogens is 1. The number of hydrogen-bond acceptors (Lipinski definition) is 3. The van der Waals surface area contributed by atoms with Gasteiger partial charge in [-0.2, -0.15) is 0 Å². The molecule has 18 heavy (non-hydrogen) atoms. The van der Waals surface area contributed by atoms with Crippen molar-refractivity contribution in [3.8, 4) is 0 Å². The van der Waals surface area contributed by atoms with Crippen molar-refractivity contribution in [2.45, 2.75) is 25.6 Å². The molecule has 2 heterocycles. The van der Waals surface area contributed by atoms with Crippen molar-refractivity contribution in [1.29, 1.82) is 0 Å². The van der Waals surface area contributed by atoms with Crippen LogP contribution in [0.2, 0.25) is 0 Å². The average Bonchev–Trinajstić information content (AvgIpc) is 2.46. The third kappa shape index (κ3) is 2.52. The van der Waals surface area contributed by atoms with E-state index in [0.29, 0.717) is 12.7 Å². The second-order valence-electron chi connectivity index (χ2n) is 4.77. The lowest BCUT2D eigenvalue weighted by Crippen LogP contribution is -2.35. The third-order valence-corrected chi connectivity index (χ3v) is 3.44. The highest BCUT2D eigenvalue weighted by Gasteiger charge is 2.13. The van der Waals surface area contributed by atoms with Gasteiger partial charge in [0, 0.05) is 23.7 Å². The number of hydrogen-bond donors (Lipinski definition) is 1. The molecule has 1 aromatic heterocycles. The number of fused-ring (bicyclic) bond motifs is 1. The van der Waals surface area contributed by atoms with Gasteiger partial charge in [-0.15, -0.1) is 0 Å². The van der Waals surface area contributed by atoms with Gasteiger partial charge in [0.05, 0.1) is 18.2 Å². The van der Waals surface area contributed by atoms with Crippen molar-refractivity contribution >= 4 is 10.9 Å². The van der Waals surface area contributed by atoms with Crippen LogP contribution >= 0.6 is 0 Å². The highest BCUT2D eigenvalue weighted by atomic mass is 16.5. The molecule has 0 aliphatic carbocycles. The number of pyridine rings is 1. The van der Waals surface area contributed by atoms with E-state index in [1.54, 1.807) is 0 Å². The van der Waals surface area contributed by atoms with E-state index >= 15 is 0 Å². The maximum Gasteiger partial charge on any atom is 0.0757 e. The Morgan fingerprint density at radius 2 is 2.22 bits per heavy atom. The zero-order valence-corrected chi connectivity index (χ0v) is 10.4. The van der Waals surface area contributed by atoms with Crippen LogP contribution in [0.3, 0.4) is 0 Å². The van der Waals surface area contributed by atoms with Gasteiger partial charge in [-0.3, -0.25) is 4.98 Å². The van der Waals surface area contributed by atoms with Gasteiger partial charge in [0.2, 0.25) is 0 Å². The maximum atomic E-state index is 5.97. The summed E-state index contributed by atoms with van der Waals surface area (Å²) >= 11 is 0. The quantitative estimate of drug-likeness (QED) is 0.898. The standard InChI is InChI=1S/C15H18N2O/c1-4-12-6-2-9-17-15(12)13(5-1)11-18-14-7-3-8-16-10-14/h1-2,4-6,9,14,16H,3,7-8,10-11H2. The molecule has 94 valence electrons. The Morgan fingerprint density at radius 1 is 1.28 bits per heavy atom. The summed E-state index contributed by atoms with van der Waals surface area (Å²) < 4.78 is 5.97. The molecule has 2 aromatic rings. The largest absolute Gasteiger partial charge is 0.372 e. The Hall–Kier alpha value is -1.45. The van der Waals surface area contributed by atoms with Crippen molar-refractivity contribution in [3.63, 3.8) is 0 Å². The predicted molar refractivity (Wildman–Crippen MR) is 72.4 cm³/mol. The summed E-state index contributed by atoms with van der Waals surface area (Å²) in [6.45, 7) is 2.74. The van der Waals surface area contributed by atoms with Gasteiger partial charge in [0.25, 0.3) is 0 Å². The zero-order chi connectivity index (χ0) is 12.2. The van der Waals surface area contributed by atoms with Crippen LogP contribution in [-0.2, 0) is 11.3 Å². The van der Waals surface area contributed by atoms with Gasteiger partial charge < -0.3 is 10.1 Å². The molecule has 1 atom stereocenters. The lowest BCUT2D eigenvalue weighted by molar-refractivity contribution is 0.0258. The van der Waals surface area contributed by atoms with Crippen LogP contribution in [0, 0.1) is 0 Å². The summed E-state index contributed by atoms with van der Waals surface area (Å²) in [7, 11) is 0. The molecule has 0 spiro atoms. The molecule has 0 amide bonds. The first-order chi connectivity index (χ1) is 8.93. The highest BCUT2D eigenvalue weighted by Crippen LogP contribution is 2.18. The molecule has 3 rings (SSSR count). The van der Waals surface area contributed by atoms with Crippen LogP contribution < -0.4 is 5.32 Å². The van der Waals surface area contributed by atoms with Crippen molar-refractivity contribution in [3.05, 3.63) is 42.1 Å². The molecule has 1 fully saturated rings. The maximum absolute atomic E-state index is 5.97. The normalized spacial score (nSPS) is 20.1. The average molecular weight is 242 g/mol. The van der Waals surface area contributed by atoms with Gasteiger partial charge in [-0.25, -0.2) is 0 Å². The minimum atomic E-state index is 0.345. The number of nitrogens with one attached hydrogen (secondary N) is 1. The lowest BCUT2D eigenvalue weighted by atomic mass is 10.1. The van der Waals surface area contributed by atoms with Crippen molar-refractivity contribution in [2.24, 2.45) is 0 Å². The topological polar surface area (TPSA) is 34.1 Å². The van der Waals surface area contributed by atoms with Crippen LogP contribution in [0.1, 0.15) is 18.4 Å². The number of piperidine rings is 1. The Labute approximate surface area is 107 Å². The van der Waals surface area contributed by atoms with E-state index in [4.69, 9.17) is 4.74 Å². The number of benzene rings is 1. The van der Waals surface area contributed by atoms with Gasteiger partial charge >= 0.3 is 0 Å². The first-order valence-corrected chi connectivity index (χ1v) is 6.58. The van der Waals surface area contributed by atoms with Crippen LogP contribution in [-0.4, -0.2) is 24.2 Å². The molecule has 1 aromatic carbocycles. The van der Waals surface area contributed by atoms with E-state index in [1.807, 2.05) is 12.3 Å². The van der Waals surface area contributed by atoms with Crippen LogP contribution in [0.4, 0.5) is 0 Å². The van der Waals surface area contributed by atoms with Crippen molar-refractivity contribution < 1.29 is 4.74 Å². The number of para-hydroxylation sites is 1. The smallest absolute Gasteiger partial charge is 0.0757 e. The SMILES string of the molecule is c1cnc2c(COC3CCCNC3)cccc2c1. The van der Waals surface area contributed by atoms with Crippen LogP contribution in [0.25, 0.3) is 10.9 Å². The summed E-state index contributed by atoms with van der Waals surface area (Å²) in [5, 5.41) is 4.55. The molecule has 1 N–H and O–H groups in total. The molecule has 1 saturated heterocycles. The van der Waals surface area contributed by atoms with Gasteiger partial charge in [0.15, 0.2) is 0 Å². The first-order valence-electron chi connectivity index (χ1n) is 6.58.